The first-order chi connectivity index (χ1) is 7.63. The van der Waals surface area contributed by atoms with Crippen molar-refractivity contribution < 1.29 is 9.53 Å². The highest BCUT2D eigenvalue weighted by Gasteiger charge is 2.07. The third-order valence-corrected chi connectivity index (χ3v) is 2.75. The molecule has 0 aliphatic heterocycles. The van der Waals surface area contributed by atoms with Gasteiger partial charge in [-0.15, -0.1) is 0 Å². The molecule has 0 amide bonds. The lowest BCUT2D eigenvalue weighted by Crippen LogP contribution is -2.04. The van der Waals surface area contributed by atoms with E-state index in [9.17, 15) is 4.79 Å². The first kappa shape index (κ1) is 13.2. The third-order valence-electron chi connectivity index (χ3n) is 2.40. The highest BCUT2D eigenvalue weighted by atomic mass is 35.5. The van der Waals surface area contributed by atoms with Crippen molar-refractivity contribution in [2.75, 3.05) is 13.7 Å². The maximum atomic E-state index is 11.6. The number of Topliss-reactive ketones (excluding diaryl/α,β-unsaturated/α-hetero) is 1. The smallest absolute Gasteiger partial charge is 0.137 e. The van der Waals surface area contributed by atoms with Crippen molar-refractivity contribution in [3.05, 3.63) is 34.3 Å². The van der Waals surface area contributed by atoms with Crippen molar-refractivity contribution in [2.45, 2.75) is 26.2 Å². The van der Waals surface area contributed by atoms with Gasteiger partial charge in [0.25, 0.3) is 0 Å². The quantitative estimate of drug-likeness (QED) is 0.714. The predicted molar refractivity (Wildman–Crippen MR) is 66.0 cm³/mol. The van der Waals surface area contributed by atoms with Gasteiger partial charge in [-0.3, -0.25) is 4.79 Å². The van der Waals surface area contributed by atoms with Crippen LogP contribution in [0.3, 0.4) is 0 Å². The van der Waals surface area contributed by atoms with E-state index in [0.717, 1.165) is 17.5 Å². The molecule has 0 bridgehead atoms. The zero-order chi connectivity index (χ0) is 12.0. The van der Waals surface area contributed by atoms with Gasteiger partial charge in [0.05, 0.1) is 0 Å². The second-order valence-electron chi connectivity index (χ2n) is 3.91. The Morgan fingerprint density at radius 3 is 2.81 bits per heavy atom. The number of carbonyl (C=O) groups is 1. The molecule has 0 radical (unpaired) electrons. The van der Waals surface area contributed by atoms with Crippen LogP contribution in [0.2, 0.25) is 5.02 Å². The van der Waals surface area contributed by atoms with Gasteiger partial charge in [0, 0.05) is 31.6 Å². The van der Waals surface area contributed by atoms with Crippen molar-refractivity contribution >= 4 is 17.4 Å². The van der Waals surface area contributed by atoms with Gasteiger partial charge in [0.2, 0.25) is 0 Å². The summed E-state index contributed by atoms with van der Waals surface area (Å²) in [5.74, 6) is 0.211. The SMILES string of the molecule is COCCCC(=O)Cc1ccc(C)cc1Cl. The Kier molecular flexibility index (Phi) is 5.50. The Balaban J connectivity index is 2.49. The molecule has 88 valence electrons. The van der Waals surface area contributed by atoms with Crippen LogP contribution in [0.5, 0.6) is 0 Å². The zero-order valence-electron chi connectivity index (χ0n) is 9.75. The number of hydrogen-bond donors (Lipinski definition) is 0. The Morgan fingerprint density at radius 2 is 2.19 bits per heavy atom. The largest absolute Gasteiger partial charge is 0.385 e. The van der Waals surface area contributed by atoms with Crippen molar-refractivity contribution in [3.63, 3.8) is 0 Å². The van der Waals surface area contributed by atoms with E-state index in [1.165, 1.54) is 0 Å². The number of halogens is 1. The van der Waals surface area contributed by atoms with E-state index in [0.29, 0.717) is 24.5 Å². The summed E-state index contributed by atoms with van der Waals surface area (Å²) >= 11 is 6.06. The van der Waals surface area contributed by atoms with E-state index >= 15 is 0 Å². The van der Waals surface area contributed by atoms with Gasteiger partial charge in [-0.2, -0.15) is 0 Å². The maximum Gasteiger partial charge on any atom is 0.137 e. The second-order valence-corrected chi connectivity index (χ2v) is 4.31. The highest BCUT2D eigenvalue weighted by Crippen LogP contribution is 2.18. The van der Waals surface area contributed by atoms with E-state index in [1.54, 1.807) is 7.11 Å². The van der Waals surface area contributed by atoms with Crippen molar-refractivity contribution in [1.82, 2.24) is 0 Å². The number of ether oxygens (including phenoxy) is 1. The summed E-state index contributed by atoms with van der Waals surface area (Å²) in [4.78, 5) is 11.6. The lowest BCUT2D eigenvalue weighted by molar-refractivity contribution is -0.118. The molecular formula is C13H17ClO2. The van der Waals surface area contributed by atoms with E-state index in [-0.39, 0.29) is 5.78 Å². The molecule has 0 aliphatic carbocycles. The molecule has 3 heteroatoms. The van der Waals surface area contributed by atoms with Gasteiger partial charge in [-0.05, 0) is 30.5 Å². The van der Waals surface area contributed by atoms with Crippen LogP contribution in [-0.2, 0) is 16.0 Å². The van der Waals surface area contributed by atoms with Crippen LogP contribution in [-0.4, -0.2) is 19.5 Å². The fourth-order valence-electron chi connectivity index (χ4n) is 1.51. The molecule has 0 saturated carbocycles. The van der Waals surface area contributed by atoms with Gasteiger partial charge in [-0.1, -0.05) is 23.7 Å². The standard InChI is InChI=1S/C13H17ClO2/c1-10-5-6-11(13(14)8-10)9-12(15)4-3-7-16-2/h5-6,8H,3-4,7,9H2,1-2H3. The first-order valence-electron chi connectivity index (χ1n) is 5.39. The predicted octanol–water partition coefficient (Wildman–Crippen LogP) is 3.19. The number of rotatable bonds is 6. The molecule has 0 aliphatic rings. The van der Waals surface area contributed by atoms with Gasteiger partial charge in [-0.25, -0.2) is 0 Å². The number of carbonyl (C=O) groups excluding carboxylic acids is 1. The number of benzene rings is 1. The van der Waals surface area contributed by atoms with Crippen LogP contribution in [0.25, 0.3) is 0 Å². The summed E-state index contributed by atoms with van der Waals surface area (Å²) < 4.78 is 4.90. The molecule has 1 aromatic carbocycles. The number of methoxy groups -OCH3 is 1. The van der Waals surface area contributed by atoms with Crippen LogP contribution in [0.1, 0.15) is 24.0 Å². The van der Waals surface area contributed by atoms with Crippen LogP contribution < -0.4 is 0 Å². The molecule has 0 aromatic heterocycles. The Labute approximate surface area is 102 Å². The molecule has 1 aromatic rings. The zero-order valence-corrected chi connectivity index (χ0v) is 10.5. The van der Waals surface area contributed by atoms with Crippen molar-refractivity contribution in [2.24, 2.45) is 0 Å². The molecule has 16 heavy (non-hydrogen) atoms. The van der Waals surface area contributed by atoms with E-state index in [1.807, 2.05) is 25.1 Å². The number of hydrogen-bond acceptors (Lipinski definition) is 2. The summed E-state index contributed by atoms with van der Waals surface area (Å²) in [7, 11) is 1.64. The van der Waals surface area contributed by atoms with Gasteiger partial charge >= 0.3 is 0 Å². The molecule has 0 heterocycles. The Morgan fingerprint density at radius 1 is 1.44 bits per heavy atom. The molecule has 0 spiro atoms. The fraction of sp³-hybridized carbons (Fsp3) is 0.462. The lowest BCUT2D eigenvalue weighted by Gasteiger charge is -2.04. The normalized spacial score (nSPS) is 10.4. The molecule has 0 N–H and O–H groups in total. The van der Waals surface area contributed by atoms with Crippen LogP contribution in [0.15, 0.2) is 18.2 Å². The minimum atomic E-state index is 0.211. The minimum Gasteiger partial charge on any atom is -0.385 e. The fourth-order valence-corrected chi connectivity index (χ4v) is 1.81. The maximum absolute atomic E-state index is 11.6. The summed E-state index contributed by atoms with van der Waals surface area (Å²) in [6, 6.07) is 5.79. The van der Waals surface area contributed by atoms with Crippen LogP contribution in [0, 0.1) is 6.92 Å². The topological polar surface area (TPSA) is 26.3 Å². The average molecular weight is 241 g/mol. The first-order valence-corrected chi connectivity index (χ1v) is 5.77. The number of aryl methyl sites for hydroxylation is 1. The molecule has 0 fully saturated rings. The molecule has 0 atom stereocenters. The second kappa shape index (κ2) is 6.66. The summed E-state index contributed by atoms with van der Waals surface area (Å²) in [5, 5.41) is 0.681. The lowest BCUT2D eigenvalue weighted by atomic mass is 10.0. The van der Waals surface area contributed by atoms with E-state index in [4.69, 9.17) is 16.3 Å². The molecule has 1 rings (SSSR count). The molecule has 0 saturated heterocycles. The summed E-state index contributed by atoms with van der Waals surface area (Å²) in [6.07, 6.45) is 1.75. The van der Waals surface area contributed by atoms with Crippen molar-refractivity contribution in [3.8, 4) is 0 Å². The minimum absolute atomic E-state index is 0.211. The summed E-state index contributed by atoms with van der Waals surface area (Å²) in [5.41, 5.74) is 2.02. The molecule has 2 nitrogen and oxygen atoms in total. The van der Waals surface area contributed by atoms with Gasteiger partial charge in [0.15, 0.2) is 0 Å². The third kappa shape index (κ3) is 4.33. The molecule has 0 unspecified atom stereocenters. The monoisotopic (exact) mass is 240 g/mol. The van der Waals surface area contributed by atoms with Crippen LogP contribution >= 0.6 is 11.6 Å². The van der Waals surface area contributed by atoms with Gasteiger partial charge in [0.1, 0.15) is 5.78 Å². The van der Waals surface area contributed by atoms with E-state index in [2.05, 4.69) is 0 Å². The van der Waals surface area contributed by atoms with Gasteiger partial charge < -0.3 is 4.74 Å². The summed E-state index contributed by atoms with van der Waals surface area (Å²) in [6.45, 7) is 2.61. The van der Waals surface area contributed by atoms with Crippen molar-refractivity contribution in [1.29, 1.82) is 0 Å². The Hall–Kier alpha value is -0.860. The highest BCUT2D eigenvalue weighted by molar-refractivity contribution is 6.31. The van der Waals surface area contributed by atoms with Crippen LogP contribution in [0.4, 0.5) is 0 Å². The molecular weight excluding hydrogens is 224 g/mol. The Bertz CT molecular complexity index is 361. The number of ketones is 1. The van der Waals surface area contributed by atoms with E-state index < -0.39 is 0 Å². The average Bonchev–Trinajstić information content (AvgIpc) is 2.23.